The molecule has 0 N–H and O–H groups in total. The third kappa shape index (κ3) is 8.11. The second-order valence-electron chi connectivity index (χ2n) is 14.6. The molecule has 0 atom stereocenters. The van der Waals surface area contributed by atoms with Crippen LogP contribution in [0.15, 0.2) is 169 Å². The van der Waals surface area contributed by atoms with E-state index in [0.29, 0.717) is 43.6 Å². The Morgan fingerprint density at radius 3 is 1.83 bits per heavy atom. The van der Waals surface area contributed by atoms with Gasteiger partial charge in [0.25, 0.3) is 5.69 Å². The topological polar surface area (TPSA) is 13.8 Å². The van der Waals surface area contributed by atoms with E-state index in [1.807, 2.05) is 90.7 Å². The number of nitrogens with zero attached hydrogens (tertiary/aromatic N) is 4. The molecule has 1 heterocycles. The van der Waals surface area contributed by atoms with E-state index in [9.17, 15) is 0 Å². The van der Waals surface area contributed by atoms with E-state index in [1.54, 1.807) is 65.8 Å². The van der Waals surface area contributed by atoms with Crippen molar-refractivity contribution in [2.24, 2.45) is 0 Å². The molecule has 0 bridgehead atoms. The van der Waals surface area contributed by atoms with Crippen LogP contribution in [0.1, 0.15) is 29.9 Å². The van der Waals surface area contributed by atoms with Crippen LogP contribution in [0.5, 0.6) is 0 Å². The van der Waals surface area contributed by atoms with Gasteiger partial charge in [0.1, 0.15) is 34.7 Å². The fraction of sp³-hybridized carbons (Fsp3) is 0.0943. The van der Waals surface area contributed by atoms with Crippen LogP contribution in [-0.2, 0) is 0 Å². The molecule has 0 saturated carbocycles. The third-order valence-electron chi connectivity index (χ3n) is 10.9. The van der Waals surface area contributed by atoms with Gasteiger partial charge in [-0.3, -0.25) is 0 Å². The summed E-state index contributed by atoms with van der Waals surface area (Å²) in [5.74, 6) is -3.32. The Kier molecular flexibility index (Phi) is 12.3. The van der Waals surface area contributed by atoms with Crippen LogP contribution in [-0.4, -0.2) is 23.4 Å². The summed E-state index contributed by atoms with van der Waals surface area (Å²) in [6.07, 6.45) is 7.22. The largest absolute Gasteiger partial charge is 0.337 e. The van der Waals surface area contributed by atoms with Gasteiger partial charge in [-0.1, -0.05) is 78.9 Å². The molecule has 1 aromatic heterocycles. The molecule has 0 aliphatic heterocycles. The highest BCUT2D eigenvalue weighted by atomic mass is 32.1. The number of para-hydroxylation sites is 4. The molecule has 7 aromatic rings. The lowest BCUT2D eigenvalue weighted by Gasteiger charge is -2.26. The monoisotopic (exact) mass is 859 g/mol. The Balaban J connectivity index is 1.42. The van der Waals surface area contributed by atoms with Crippen LogP contribution in [0.4, 0.5) is 61.1 Å². The van der Waals surface area contributed by atoms with Crippen molar-refractivity contribution in [2.75, 3.05) is 22.9 Å². The van der Waals surface area contributed by atoms with Gasteiger partial charge in [0.05, 0.1) is 6.57 Å². The summed E-state index contributed by atoms with van der Waals surface area (Å²) in [6.45, 7) is 14.9. The minimum absolute atomic E-state index is 0.178. The van der Waals surface area contributed by atoms with Gasteiger partial charge in [0.2, 0.25) is 11.4 Å². The number of hydrogen-bond donors (Lipinski definition) is 0. The van der Waals surface area contributed by atoms with Crippen LogP contribution >= 0.6 is 11.3 Å². The van der Waals surface area contributed by atoms with Crippen molar-refractivity contribution >= 4 is 61.7 Å². The SMILES string of the molecule is [C-]#[N+]c1c(N(c2ccccc2)c2ccccc2C)sc(C(=C2C=CC(=[N+](CC)c3c(F)cccc3F)C=C2)c2ccc(N(CC)c3c(F)cccc3F)cc2)c1-c1ccccc1F. The van der Waals surface area contributed by atoms with Crippen LogP contribution in [0.3, 0.4) is 0 Å². The summed E-state index contributed by atoms with van der Waals surface area (Å²) in [5, 5.41) is 0.559. The molecule has 0 spiro atoms. The second-order valence-corrected chi connectivity index (χ2v) is 15.6. The average Bonchev–Trinajstić information content (AvgIpc) is 3.66. The van der Waals surface area contributed by atoms with Gasteiger partial charge < -0.3 is 9.80 Å². The van der Waals surface area contributed by atoms with Gasteiger partial charge in [-0.05, 0) is 110 Å². The standard InChI is InChI=1S/C53H40F5N4S/c1-5-60(50-42(55)21-14-22-43(50)56)37-30-26-35(27-31-37)47(36-28-32-38(33-29-36)61(6-2)51-44(57)23-15-24-45(51)58)52-48(40-19-11-12-20-41(40)54)49(59-4)53(63-52)62(39-17-8-7-9-18-39)46-25-13-10-16-34(46)3/h7-33H,5-6H2,1-3H3/q+1. The van der Waals surface area contributed by atoms with Crippen molar-refractivity contribution < 1.29 is 26.5 Å². The van der Waals surface area contributed by atoms with Gasteiger partial charge in [-0.2, -0.15) is 13.4 Å². The summed E-state index contributed by atoms with van der Waals surface area (Å²) >= 11 is 1.34. The molecular formula is C53H40F5N4S+. The first-order chi connectivity index (χ1) is 30.6. The van der Waals surface area contributed by atoms with Crippen molar-refractivity contribution in [2.45, 2.75) is 20.8 Å². The number of aryl methyl sites for hydroxylation is 1. The molecule has 0 saturated heterocycles. The molecule has 0 unspecified atom stereocenters. The minimum Gasteiger partial charge on any atom is -0.337 e. The van der Waals surface area contributed by atoms with Crippen molar-refractivity contribution in [3.63, 3.8) is 0 Å². The van der Waals surface area contributed by atoms with Gasteiger partial charge >= 0.3 is 0 Å². The maximum Gasteiger partial charge on any atom is 0.277 e. The predicted molar refractivity (Wildman–Crippen MR) is 247 cm³/mol. The lowest BCUT2D eigenvalue weighted by molar-refractivity contribution is -0.439. The maximum atomic E-state index is 16.3. The molecule has 1 aliphatic carbocycles. The summed E-state index contributed by atoms with van der Waals surface area (Å²) < 4.78 is 78.5. The van der Waals surface area contributed by atoms with Gasteiger partial charge in [-0.25, -0.2) is 18.0 Å². The molecule has 8 rings (SSSR count). The highest BCUT2D eigenvalue weighted by Crippen LogP contribution is 2.56. The maximum absolute atomic E-state index is 16.3. The van der Waals surface area contributed by atoms with Crippen molar-refractivity contribution in [3.05, 3.63) is 226 Å². The first kappa shape index (κ1) is 42.3. The van der Waals surface area contributed by atoms with Crippen LogP contribution in [0, 0.1) is 42.6 Å². The lowest BCUT2D eigenvalue weighted by atomic mass is 9.91. The van der Waals surface area contributed by atoms with Crippen molar-refractivity contribution in [1.82, 2.24) is 0 Å². The predicted octanol–water partition coefficient (Wildman–Crippen LogP) is 15.3. The Labute approximate surface area is 367 Å². The van der Waals surface area contributed by atoms with Gasteiger partial charge in [0.15, 0.2) is 11.6 Å². The molecule has 63 heavy (non-hydrogen) atoms. The molecule has 10 heteroatoms. The van der Waals surface area contributed by atoms with Crippen LogP contribution in [0.25, 0.3) is 21.5 Å². The molecule has 0 amide bonds. The minimum atomic E-state index is -0.700. The van der Waals surface area contributed by atoms with Crippen molar-refractivity contribution in [3.8, 4) is 11.1 Å². The number of benzene rings is 6. The van der Waals surface area contributed by atoms with E-state index in [0.717, 1.165) is 16.9 Å². The Bertz CT molecular complexity index is 2960. The number of anilines is 5. The Hall–Kier alpha value is -7.35. The summed E-state index contributed by atoms with van der Waals surface area (Å²) in [6, 6.07) is 38.6. The molecule has 6 aromatic carbocycles. The molecule has 0 radical (unpaired) electrons. The molecule has 1 aliphatic rings. The number of allylic oxidation sites excluding steroid dienone is 5. The van der Waals surface area contributed by atoms with E-state index in [1.165, 1.54) is 53.8 Å². The smallest absolute Gasteiger partial charge is 0.277 e. The lowest BCUT2D eigenvalue weighted by Crippen LogP contribution is -2.19. The molecule has 312 valence electrons. The van der Waals surface area contributed by atoms with Crippen LogP contribution < -0.4 is 9.80 Å². The first-order valence-corrected chi connectivity index (χ1v) is 21.2. The summed E-state index contributed by atoms with van der Waals surface area (Å²) in [5.41, 5.74) is 6.07. The van der Waals surface area contributed by atoms with Crippen molar-refractivity contribution in [1.29, 1.82) is 0 Å². The normalized spacial score (nSPS) is 12.0. The fourth-order valence-corrected chi connectivity index (χ4v) is 9.37. The van der Waals surface area contributed by atoms with Crippen LogP contribution in [0.2, 0.25) is 0 Å². The van der Waals surface area contributed by atoms with E-state index in [2.05, 4.69) is 4.85 Å². The summed E-state index contributed by atoms with van der Waals surface area (Å²) in [4.78, 5) is 8.31. The zero-order valence-corrected chi connectivity index (χ0v) is 35.4. The Morgan fingerprint density at radius 2 is 1.22 bits per heavy atom. The second kappa shape index (κ2) is 18.3. The average molecular weight is 860 g/mol. The highest BCUT2D eigenvalue weighted by Gasteiger charge is 2.31. The molecule has 0 fully saturated rings. The quantitative estimate of drug-likeness (QED) is 0.0731. The zero-order chi connectivity index (χ0) is 44.2. The third-order valence-corrected chi connectivity index (χ3v) is 12.1. The van der Waals surface area contributed by atoms with E-state index in [4.69, 9.17) is 6.57 Å². The summed E-state index contributed by atoms with van der Waals surface area (Å²) in [7, 11) is 0. The Morgan fingerprint density at radius 1 is 0.635 bits per heavy atom. The first-order valence-electron chi connectivity index (χ1n) is 20.4. The highest BCUT2D eigenvalue weighted by molar-refractivity contribution is 7.18. The zero-order valence-electron chi connectivity index (χ0n) is 34.6. The van der Waals surface area contributed by atoms with E-state index < -0.39 is 29.1 Å². The van der Waals surface area contributed by atoms with E-state index >= 15 is 22.0 Å². The number of thiophene rings is 1. The fourth-order valence-electron chi connectivity index (χ4n) is 7.99. The molecular weight excluding hydrogens is 820 g/mol. The van der Waals surface area contributed by atoms with E-state index in [-0.39, 0.29) is 35.7 Å². The number of rotatable bonds is 11. The molecule has 4 nitrogen and oxygen atoms in total. The van der Waals surface area contributed by atoms with Gasteiger partial charge in [-0.15, -0.1) is 11.3 Å². The number of halogens is 5. The van der Waals surface area contributed by atoms with Gasteiger partial charge in [0, 0.05) is 57.3 Å². The number of hydrogen-bond acceptors (Lipinski definition) is 3.